The molecule has 3 aromatic carbocycles. The highest BCUT2D eigenvalue weighted by molar-refractivity contribution is 7.98. The predicted molar refractivity (Wildman–Crippen MR) is 126 cm³/mol. The Kier molecular flexibility index (Phi) is 8.29. The Bertz CT molecular complexity index is 866. The smallest absolute Gasteiger partial charge is 0.0461 e. The van der Waals surface area contributed by atoms with Gasteiger partial charge in [0.25, 0.3) is 0 Å². The molecule has 1 unspecified atom stereocenters. The van der Waals surface area contributed by atoms with Crippen LogP contribution in [0.3, 0.4) is 0 Å². The molecular formula is C24H25Cl2NS. The van der Waals surface area contributed by atoms with Gasteiger partial charge in [-0.25, -0.2) is 0 Å². The highest BCUT2D eigenvalue weighted by atomic mass is 35.5. The maximum Gasteiger partial charge on any atom is 0.0461 e. The van der Waals surface area contributed by atoms with Gasteiger partial charge in [0.1, 0.15) is 0 Å². The van der Waals surface area contributed by atoms with Crippen LogP contribution in [-0.2, 0) is 5.75 Å². The Labute approximate surface area is 182 Å². The lowest BCUT2D eigenvalue weighted by Crippen LogP contribution is -2.16. The summed E-state index contributed by atoms with van der Waals surface area (Å²) >= 11 is 14.3. The second kappa shape index (κ2) is 10.9. The quantitative estimate of drug-likeness (QED) is 0.350. The first-order valence-electron chi connectivity index (χ1n) is 9.59. The van der Waals surface area contributed by atoms with E-state index < -0.39 is 0 Å². The third kappa shape index (κ3) is 6.02. The summed E-state index contributed by atoms with van der Waals surface area (Å²) < 4.78 is 0. The van der Waals surface area contributed by atoms with Gasteiger partial charge in [0.2, 0.25) is 0 Å². The summed E-state index contributed by atoms with van der Waals surface area (Å²) in [5, 5.41) is 5.28. The first kappa shape index (κ1) is 21.3. The van der Waals surface area contributed by atoms with Crippen molar-refractivity contribution < 1.29 is 0 Å². The molecule has 0 saturated carbocycles. The van der Waals surface area contributed by atoms with Crippen molar-refractivity contribution in [1.29, 1.82) is 0 Å². The van der Waals surface area contributed by atoms with E-state index in [2.05, 4.69) is 60.8 Å². The van der Waals surface area contributed by atoms with Crippen LogP contribution in [0.1, 0.15) is 29.7 Å². The molecule has 3 aromatic rings. The lowest BCUT2D eigenvalue weighted by atomic mass is 10.0. The summed E-state index contributed by atoms with van der Waals surface area (Å²) in [6.07, 6.45) is 1.08. The van der Waals surface area contributed by atoms with Crippen LogP contribution in [-0.4, -0.2) is 13.1 Å². The fraction of sp³-hybridized carbons (Fsp3) is 0.250. The molecule has 0 fully saturated rings. The molecular weight excluding hydrogens is 405 g/mol. The monoisotopic (exact) mass is 429 g/mol. The second-order valence-electron chi connectivity index (χ2n) is 6.67. The van der Waals surface area contributed by atoms with Crippen molar-refractivity contribution in [3.8, 4) is 11.1 Å². The number of halogens is 2. The first-order valence-corrected chi connectivity index (χ1v) is 11.4. The average Bonchev–Trinajstić information content (AvgIpc) is 2.72. The Morgan fingerprint density at radius 1 is 0.893 bits per heavy atom. The first-order chi connectivity index (χ1) is 13.7. The van der Waals surface area contributed by atoms with Crippen molar-refractivity contribution >= 4 is 35.0 Å². The molecule has 1 atom stereocenters. The van der Waals surface area contributed by atoms with Crippen LogP contribution in [0.4, 0.5) is 0 Å². The average molecular weight is 430 g/mol. The molecule has 0 spiro atoms. The molecule has 4 heteroatoms. The van der Waals surface area contributed by atoms with Crippen LogP contribution in [0.25, 0.3) is 11.1 Å². The zero-order valence-corrected chi connectivity index (χ0v) is 18.3. The molecule has 0 radical (unpaired) electrons. The van der Waals surface area contributed by atoms with Crippen LogP contribution in [0.15, 0.2) is 72.8 Å². The molecule has 0 bridgehead atoms. The predicted octanol–water partition coefficient (Wildman–Crippen LogP) is 7.63. The zero-order valence-electron chi connectivity index (χ0n) is 16.0. The number of thioether (sulfide) groups is 1. The minimum Gasteiger partial charge on any atom is -0.317 e. The van der Waals surface area contributed by atoms with Crippen LogP contribution >= 0.6 is 35.0 Å². The van der Waals surface area contributed by atoms with E-state index in [1.54, 1.807) is 0 Å². The van der Waals surface area contributed by atoms with E-state index in [-0.39, 0.29) is 0 Å². The molecule has 1 nitrogen and oxygen atoms in total. The maximum atomic E-state index is 6.36. The van der Waals surface area contributed by atoms with Gasteiger partial charge in [0, 0.05) is 21.0 Å². The molecule has 0 saturated heterocycles. The van der Waals surface area contributed by atoms with E-state index in [0.717, 1.165) is 35.8 Å². The molecule has 0 aromatic heterocycles. The summed E-state index contributed by atoms with van der Waals surface area (Å²) in [4.78, 5) is 0. The van der Waals surface area contributed by atoms with E-state index in [1.807, 2.05) is 36.0 Å². The van der Waals surface area contributed by atoms with Crippen molar-refractivity contribution in [3.63, 3.8) is 0 Å². The SMILES string of the molecule is CCNCCC(SCc1ccc(Cl)cc1Cl)c1ccc(-c2ccccc2)cc1. The van der Waals surface area contributed by atoms with Crippen LogP contribution in [0.2, 0.25) is 10.0 Å². The summed E-state index contributed by atoms with van der Waals surface area (Å²) in [7, 11) is 0. The zero-order chi connectivity index (χ0) is 19.8. The van der Waals surface area contributed by atoms with Crippen molar-refractivity contribution in [1.82, 2.24) is 5.32 Å². The lowest BCUT2D eigenvalue weighted by Gasteiger charge is -2.18. The van der Waals surface area contributed by atoms with Crippen molar-refractivity contribution in [2.24, 2.45) is 0 Å². The van der Waals surface area contributed by atoms with Crippen LogP contribution in [0.5, 0.6) is 0 Å². The molecule has 0 aliphatic heterocycles. The highest BCUT2D eigenvalue weighted by Gasteiger charge is 2.14. The molecule has 0 amide bonds. The molecule has 0 heterocycles. The lowest BCUT2D eigenvalue weighted by molar-refractivity contribution is 0.666. The minimum atomic E-state index is 0.413. The number of benzene rings is 3. The topological polar surface area (TPSA) is 12.0 Å². The highest BCUT2D eigenvalue weighted by Crippen LogP contribution is 2.37. The fourth-order valence-corrected chi connectivity index (χ4v) is 4.93. The van der Waals surface area contributed by atoms with E-state index >= 15 is 0 Å². The van der Waals surface area contributed by atoms with Crippen molar-refractivity contribution in [3.05, 3.63) is 94.0 Å². The van der Waals surface area contributed by atoms with Crippen LogP contribution < -0.4 is 5.32 Å². The molecule has 146 valence electrons. The number of nitrogens with one attached hydrogen (secondary N) is 1. The van der Waals surface area contributed by atoms with Gasteiger partial charge in [0.05, 0.1) is 0 Å². The van der Waals surface area contributed by atoms with Crippen molar-refractivity contribution in [2.45, 2.75) is 24.3 Å². The Hall–Kier alpha value is -1.45. The maximum absolute atomic E-state index is 6.36. The third-order valence-corrected chi connectivity index (χ3v) is 6.65. The summed E-state index contributed by atoms with van der Waals surface area (Å²) in [6, 6.07) is 25.2. The summed E-state index contributed by atoms with van der Waals surface area (Å²) in [6.45, 7) is 4.14. The molecule has 28 heavy (non-hydrogen) atoms. The molecule has 3 rings (SSSR count). The summed E-state index contributed by atoms with van der Waals surface area (Å²) in [5.41, 5.74) is 4.98. The standard InChI is InChI=1S/C24H25Cl2NS/c1-2-27-15-14-24(28-17-21-12-13-22(25)16-23(21)26)20-10-8-19(9-11-20)18-6-4-3-5-7-18/h3-13,16,24,27H,2,14-15,17H2,1H3. The van der Waals surface area contributed by atoms with Gasteiger partial charge in [-0.05, 0) is 53.9 Å². The van der Waals surface area contributed by atoms with E-state index in [0.29, 0.717) is 10.3 Å². The Balaban J connectivity index is 1.73. The van der Waals surface area contributed by atoms with Crippen LogP contribution in [0, 0.1) is 0 Å². The normalized spacial score (nSPS) is 12.1. The third-order valence-electron chi connectivity index (χ3n) is 4.68. The van der Waals surface area contributed by atoms with E-state index in [4.69, 9.17) is 23.2 Å². The van der Waals surface area contributed by atoms with Gasteiger partial charge < -0.3 is 5.32 Å². The Morgan fingerprint density at radius 3 is 2.29 bits per heavy atom. The minimum absolute atomic E-state index is 0.413. The fourth-order valence-electron chi connectivity index (χ4n) is 3.11. The van der Waals surface area contributed by atoms with Gasteiger partial charge in [-0.2, -0.15) is 0 Å². The van der Waals surface area contributed by atoms with Gasteiger partial charge in [-0.1, -0.05) is 90.8 Å². The summed E-state index contributed by atoms with van der Waals surface area (Å²) in [5.74, 6) is 0.868. The number of rotatable bonds is 9. The molecule has 0 aliphatic rings. The van der Waals surface area contributed by atoms with E-state index in [9.17, 15) is 0 Å². The van der Waals surface area contributed by atoms with Gasteiger partial charge in [-0.3, -0.25) is 0 Å². The van der Waals surface area contributed by atoms with Crippen molar-refractivity contribution in [2.75, 3.05) is 13.1 Å². The van der Waals surface area contributed by atoms with Gasteiger partial charge in [-0.15, -0.1) is 11.8 Å². The largest absolute Gasteiger partial charge is 0.317 e. The Morgan fingerprint density at radius 2 is 1.61 bits per heavy atom. The van der Waals surface area contributed by atoms with E-state index in [1.165, 1.54) is 16.7 Å². The number of hydrogen-bond acceptors (Lipinski definition) is 2. The number of hydrogen-bond donors (Lipinski definition) is 1. The van der Waals surface area contributed by atoms with Gasteiger partial charge in [0.15, 0.2) is 0 Å². The molecule has 1 N–H and O–H groups in total. The van der Waals surface area contributed by atoms with Gasteiger partial charge >= 0.3 is 0 Å². The second-order valence-corrected chi connectivity index (χ2v) is 8.70. The molecule has 0 aliphatic carbocycles.